The van der Waals surface area contributed by atoms with Crippen LogP contribution in [-0.4, -0.2) is 27.3 Å². The van der Waals surface area contributed by atoms with Gasteiger partial charge in [0.25, 0.3) is 5.56 Å². The third-order valence-electron chi connectivity index (χ3n) is 5.92. The Morgan fingerprint density at radius 3 is 2.84 bits per heavy atom. The summed E-state index contributed by atoms with van der Waals surface area (Å²) in [6, 6.07) is 6.25. The molecule has 0 aliphatic heterocycles. The highest BCUT2D eigenvalue weighted by Gasteiger charge is 2.24. The molecule has 1 atom stereocenters. The van der Waals surface area contributed by atoms with Gasteiger partial charge in [0.15, 0.2) is 5.16 Å². The van der Waals surface area contributed by atoms with Gasteiger partial charge in [0.05, 0.1) is 16.8 Å². The van der Waals surface area contributed by atoms with E-state index in [-0.39, 0.29) is 23.3 Å². The molecule has 7 heteroatoms. The van der Waals surface area contributed by atoms with Crippen LogP contribution in [-0.2, 0) is 17.6 Å². The average molecular weight is 456 g/mol. The predicted molar refractivity (Wildman–Crippen MR) is 130 cm³/mol. The van der Waals surface area contributed by atoms with Gasteiger partial charge in [-0.05, 0) is 75.6 Å². The third-order valence-corrected chi connectivity index (χ3v) is 8.04. The maximum absolute atomic E-state index is 13.8. The molecule has 0 bridgehead atoms. The van der Waals surface area contributed by atoms with E-state index in [0.717, 1.165) is 52.7 Å². The zero-order valence-electron chi connectivity index (χ0n) is 18.6. The maximum atomic E-state index is 13.8. The number of rotatable bonds is 6. The molecular formula is C24H29N3O2S2. The van der Waals surface area contributed by atoms with E-state index < -0.39 is 0 Å². The van der Waals surface area contributed by atoms with Crippen molar-refractivity contribution in [2.75, 3.05) is 5.75 Å². The molecule has 164 valence electrons. The Hall–Kier alpha value is -2.12. The molecule has 5 nitrogen and oxygen atoms in total. The van der Waals surface area contributed by atoms with Gasteiger partial charge in [0.1, 0.15) is 4.83 Å². The fraction of sp³-hybridized carbons (Fsp3) is 0.458. The summed E-state index contributed by atoms with van der Waals surface area (Å²) in [5.41, 5.74) is 4.13. The van der Waals surface area contributed by atoms with Crippen molar-refractivity contribution in [2.45, 2.75) is 71.0 Å². The molecule has 4 rings (SSSR count). The summed E-state index contributed by atoms with van der Waals surface area (Å²) in [6.07, 6.45) is 5.15. The molecule has 1 aromatic carbocycles. The maximum Gasteiger partial charge on any atom is 0.267 e. The van der Waals surface area contributed by atoms with Crippen molar-refractivity contribution in [1.29, 1.82) is 0 Å². The van der Waals surface area contributed by atoms with Crippen molar-refractivity contribution in [3.63, 3.8) is 0 Å². The standard InChI is InChI=1S/C24H29N3O2S2/c1-5-16(4)25-20(28)13-30-24-26-22-21(17-8-6-7-9-19(17)31-22)23(29)27(24)18-12-14(2)10-11-15(18)3/h10-12,16H,5-9,13H2,1-4H3,(H,25,28). The van der Waals surface area contributed by atoms with Crippen LogP contribution in [0.25, 0.3) is 15.9 Å². The zero-order chi connectivity index (χ0) is 22.1. The molecule has 1 N–H and O–H groups in total. The Labute approximate surface area is 191 Å². The highest BCUT2D eigenvalue weighted by Crippen LogP contribution is 2.35. The molecule has 1 aliphatic carbocycles. The van der Waals surface area contributed by atoms with Crippen LogP contribution in [0.3, 0.4) is 0 Å². The summed E-state index contributed by atoms with van der Waals surface area (Å²) in [5.74, 6) is 0.199. The molecule has 1 aliphatic rings. The minimum Gasteiger partial charge on any atom is -0.353 e. The number of carbonyl (C=O) groups is 1. The first kappa shape index (κ1) is 22.1. The first-order chi connectivity index (χ1) is 14.9. The van der Waals surface area contributed by atoms with Crippen molar-refractivity contribution in [2.24, 2.45) is 0 Å². The van der Waals surface area contributed by atoms with Gasteiger partial charge in [-0.15, -0.1) is 11.3 Å². The number of thioether (sulfide) groups is 1. The molecule has 2 aromatic heterocycles. The SMILES string of the molecule is CCC(C)NC(=O)CSc1nc2sc3c(c2c(=O)n1-c1cc(C)ccc1C)CCCC3. The van der Waals surface area contributed by atoms with Crippen molar-refractivity contribution >= 4 is 39.2 Å². The largest absolute Gasteiger partial charge is 0.353 e. The number of benzene rings is 1. The fourth-order valence-corrected chi connectivity index (χ4v) is 6.12. The van der Waals surface area contributed by atoms with Gasteiger partial charge in [-0.2, -0.15) is 0 Å². The van der Waals surface area contributed by atoms with Gasteiger partial charge in [-0.1, -0.05) is 30.8 Å². The van der Waals surface area contributed by atoms with Gasteiger partial charge in [0, 0.05) is 10.9 Å². The monoisotopic (exact) mass is 455 g/mol. The van der Waals surface area contributed by atoms with E-state index in [2.05, 4.69) is 11.4 Å². The molecule has 0 radical (unpaired) electrons. The summed E-state index contributed by atoms with van der Waals surface area (Å²) in [6.45, 7) is 8.08. The van der Waals surface area contributed by atoms with Crippen LogP contribution in [0.2, 0.25) is 0 Å². The van der Waals surface area contributed by atoms with E-state index in [1.54, 1.807) is 15.9 Å². The summed E-state index contributed by atoms with van der Waals surface area (Å²) < 4.78 is 1.73. The smallest absolute Gasteiger partial charge is 0.267 e. The number of hydrogen-bond donors (Lipinski definition) is 1. The van der Waals surface area contributed by atoms with Gasteiger partial charge < -0.3 is 5.32 Å². The summed E-state index contributed by atoms with van der Waals surface area (Å²) in [5, 5.41) is 4.36. The molecule has 0 saturated carbocycles. The van der Waals surface area contributed by atoms with Crippen LogP contribution in [0.15, 0.2) is 28.2 Å². The van der Waals surface area contributed by atoms with Crippen LogP contribution < -0.4 is 10.9 Å². The summed E-state index contributed by atoms with van der Waals surface area (Å²) in [4.78, 5) is 33.3. The van der Waals surface area contributed by atoms with Gasteiger partial charge >= 0.3 is 0 Å². The zero-order valence-corrected chi connectivity index (χ0v) is 20.2. The third kappa shape index (κ3) is 4.44. The number of aryl methyl sites for hydroxylation is 4. The minimum atomic E-state index is -0.0355. The summed E-state index contributed by atoms with van der Waals surface area (Å²) >= 11 is 2.99. The van der Waals surface area contributed by atoms with Crippen LogP contribution in [0, 0.1) is 13.8 Å². The Balaban J connectivity index is 1.84. The Bertz CT molecular complexity index is 1200. The second-order valence-electron chi connectivity index (χ2n) is 8.38. The first-order valence-electron chi connectivity index (χ1n) is 11.0. The average Bonchev–Trinajstić information content (AvgIpc) is 3.13. The predicted octanol–water partition coefficient (Wildman–Crippen LogP) is 4.95. The Morgan fingerprint density at radius 1 is 1.29 bits per heavy atom. The quantitative estimate of drug-likeness (QED) is 0.422. The van der Waals surface area contributed by atoms with Crippen LogP contribution >= 0.6 is 23.1 Å². The van der Waals surface area contributed by atoms with Gasteiger partial charge in [-0.25, -0.2) is 4.98 Å². The van der Waals surface area contributed by atoms with Crippen LogP contribution in [0.1, 0.15) is 54.7 Å². The molecular weight excluding hydrogens is 426 g/mol. The van der Waals surface area contributed by atoms with Crippen molar-refractivity contribution in [1.82, 2.24) is 14.9 Å². The lowest BCUT2D eigenvalue weighted by molar-refractivity contribution is -0.119. The van der Waals surface area contributed by atoms with E-state index >= 15 is 0 Å². The normalized spacial score (nSPS) is 14.5. The van der Waals surface area contributed by atoms with Crippen LogP contribution in [0.4, 0.5) is 0 Å². The number of thiophene rings is 1. The van der Waals surface area contributed by atoms with Crippen LogP contribution in [0.5, 0.6) is 0 Å². The van der Waals surface area contributed by atoms with E-state index in [0.29, 0.717) is 5.16 Å². The number of aromatic nitrogens is 2. The lowest BCUT2D eigenvalue weighted by atomic mass is 9.97. The van der Waals surface area contributed by atoms with E-state index in [4.69, 9.17) is 4.98 Å². The second kappa shape index (κ2) is 9.17. The Kier molecular flexibility index (Phi) is 6.53. The van der Waals surface area contributed by atoms with Gasteiger partial charge in [-0.3, -0.25) is 14.2 Å². The minimum absolute atomic E-state index is 0.0112. The van der Waals surface area contributed by atoms with E-state index in [9.17, 15) is 9.59 Å². The molecule has 31 heavy (non-hydrogen) atoms. The van der Waals surface area contributed by atoms with Crippen molar-refractivity contribution in [3.05, 3.63) is 50.1 Å². The molecule has 0 spiro atoms. The molecule has 2 heterocycles. The van der Waals surface area contributed by atoms with E-state index in [1.165, 1.54) is 28.6 Å². The molecule has 1 unspecified atom stereocenters. The number of fused-ring (bicyclic) bond motifs is 3. The first-order valence-corrected chi connectivity index (χ1v) is 12.8. The second-order valence-corrected chi connectivity index (χ2v) is 10.4. The molecule has 0 saturated heterocycles. The fourth-order valence-electron chi connectivity index (χ4n) is 4.00. The summed E-state index contributed by atoms with van der Waals surface area (Å²) in [7, 11) is 0. The number of hydrogen-bond acceptors (Lipinski definition) is 5. The molecule has 1 amide bonds. The Morgan fingerprint density at radius 2 is 2.06 bits per heavy atom. The van der Waals surface area contributed by atoms with Crippen molar-refractivity contribution in [3.8, 4) is 5.69 Å². The number of nitrogens with zero attached hydrogens (tertiary/aromatic N) is 2. The molecule has 0 fully saturated rings. The number of amides is 1. The lowest BCUT2D eigenvalue weighted by Crippen LogP contribution is -2.33. The number of nitrogens with one attached hydrogen (secondary N) is 1. The molecule has 3 aromatic rings. The van der Waals surface area contributed by atoms with Crippen molar-refractivity contribution < 1.29 is 4.79 Å². The lowest BCUT2D eigenvalue weighted by Gasteiger charge is -2.16. The highest BCUT2D eigenvalue weighted by atomic mass is 32.2. The van der Waals surface area contributed by atoms with E-state index in [1.807, 2.05) is 39.8 Å². The highest BCUT2D eigenvalue weighted by molar-refractivity contribution is 7.99. The number of carbonyl (C=O) groups excluding carboxylic acids is 1. The topological polar surface area (TPSA) is 64.0 Å². The van der Waals surface area contributed by atoms with Gasteiger partial charge in [0.2, 0.25) is 5.91 Å².